The molecule has 2 aromatic rings. The van der Waals surface area contributed by atoms with Gasteiger partial charge < -0.3 is 10.1 Å². The minimum Gasteiger partial charge on any atom is -0.382 e. The van der Waals surface area contributed by atoms with Gasteiger partial charge in [-0.2, -0.15) is 13.2 Å². The second-order valence-corrected chi connectivity index (χ2v) is 4.96. The Kier molecular flexibility index (Phi) is 4.32. The molecule has 2 rings (SSSR count). The second-order valence-electron chi connectivity index (χ2n) is 4.96. The number of hydrogen-bond acceptors (Lipinski definition) is 4. The van der Waals surface area contributed by atoms with Crippen LogP contribution in [0.5, 0.6) is 0 Å². The number of rotatable bonds is 4. The van der Waals surface area contributed by atoms with Crippen LogP contribution < -0.4 is 5.32 Å². The molecule has 0 saturated carbocycles. The normalized spacial score (nSPS) is 14.6. The van der Waals surface area contributed by atoms with Crippen LogP contribution in [0.25, 0.3) is 11.0 Å². The third kappa shape index (κ3) is 3.16. The Morgan fingerprint density at radius 2 is 1.91 bits per heavy atom. The summed E-state index contributed by atoms with van der Waals surface area (Å²) in [5.74, 6) is -0.963. The Morgan fingerprint density at radius 3 is 2.50 bits per heavy atom. The van der Waals surface area contributed by atoms with Crippen molar-refractivity contribution in [1.82, 2.24) is 15.3 Å². The van der Waals surface area contributed by atoms with Crippen molar-refractivity contribution in [3.05, 3.63) is 36.2 Å². The van der Waals surface area contributed by atoms with Crippen molar-refractivity contribution in [2.24, 2.45) is 0 Å². The van der Waals surface area contributed by atoms with Gasteiger partial charge in [-0.05, 0) is 19.1 Å². The monoisotopic (exact) mass is 313 g/mol. The van der Waals surface area contributed by atoms with Gasteiger partial charge in [-0.15, -0.1) is 0 Å². The Labute approximate surface area is 124 Å². The van der Waals surface area contributed by atoms with E-state index in [1.165, 1.54) is 0 Å². The minimum atomic E-state index is -4.66. The van der Waals surface area contributed by atoms with Crippen LogP contribution in [-0.2, 0) is 4.74 Å². The molecule has 0 saturated heterocycles. The van der Waals surface area contributed by atoms with Crippen LogP contribution in [0.3, 0.4) is 0 Å². The lowest BCUT2D eigenvalue weighted by Crippen LogP contribution is -2.59. The lowest BCUT2D eigenvalue weighted by Gasteiger charge is -2.32. The van der Waals surface area contributed by atoms with Crippen LogP contribution in [-0.4, -0.2) is 41.3 Å². The van der Waals surface area contributed by atoms with E-state index in [0.29, 0.717) is 11.0 Å². The van der Waals surface area contributed by atoms with Gasteiger partial charge in [0, 0.05) is 7.11 Å². The fraction of sp³-hybridized carbons (Fsp3) is 0.357. The summed E-state index contributed by atoms with van der Waals surface area (Å²) in [7, 11) is 1.13. The molecule has 5 nitrogen and oxygen atoms in total. The minimum absolute atomic E-state index is 0.190. The van der Waals surface area contributed by atoms with Gasteiger partial charge in [0.05, 0.1) is 23.8 Å². The molecule has 1 unspecified atom stereocenters. The van der Waals surface area contributed by atoms with E-state index >= 15 is 0 Å². The first-order chi connectivity index (χ1) is 10.3. The first kappa shape index (κ1) is 16.2. The number of ether oxygens (including phenoxy) is 1. The number of hydrogen-bond donors (Lipinski definition) is 1. The molecule has 1 aromatic carbocycles. The van der Waals surface area contributed by atoms with Crippen LogP contribution in [0.1, 0.15) is 17.4 Å². The molecule has 0 aliphatic heterocycles. The highest BCUT2D eigenvalue weighted by Crippen LogP contribution is 2.30. The van der Waals surface area contributed by atoms with Gasteiger partial charge >= 0.3 is 6.18 Å². The average molecular weight is 313 g/mol. The summed E-state index contributed by atoms with van der Waals surface area (Å²) in [5.41, 5.74) is -1.72. The maximum absolute atomic E-state index is 13.1. The lowest BCUT2D eigenvalue weighted by molar-refractivity contribution is -0.200. The first-order valence-electron chi connectivity index (χ1n) is 6.37. The number of fused-ring (bicyclic) bond motifs is 1. The summed E-state index contributed by atoms with van der Waals surface area (Å²) in [6.45, 7) is 0.145. The molecule has 8 heteroatoms. The first-order valence-corrected chi connectivity index (χ1v) is 6.37. The molecular weight excluding hydrogens is 299 g/mol. The predicted octanol–water partition coefficient (Wildman–Crippen LogP) is 2.33. The number of alkyl halides is 3. The highest BCUT2D eigenvalue weighted by molar-refractivity contribution is 5.94. The highest BCUT2D eigenvalue weighted by atomic mass is 19.4. The topological polar surface area (TPSA) is 64.1 Å². The number of nitrogens with one attached hydrogen (secondary N) is 1. The molecule has 118 valence electrons. The van der Waals surface area contributed by atoms with Gasteiger partial charge in [0.1, 0.15) is 5.69 Å². The van der Waals surface area contributed by atoms with Crippen molar-refractivity contribution in [3.8, 4) is 0 Å². The molecular formula is C14H14F3N3O2. The highest BCUT2D eigenvalue weighted by Gasteiger charge is 2.52. The average Bonchev–Trinajstić information content (AvgIpc) is 2.45. The van der Waals surface area contributed by atoms with E-state index in [1.807, 2.05) is 5.32 Å². The molecule has 0 aliphatic rings. The molecule has 0 bridgehead atoms. The van der Waals surface area contributed by atoms with Crippen molar-refractivity contribution < 1.29 is 22.7 Å². The van der Waals surface area contributed by atoms with Crippen molar-refractivity contribution in [2.75, 3.05) is 13.7 Å². The van der Waals surface area contributed by atoms with E-state index in [1.54, 1.807) is 24.3 Å². The fourth-order valence-corrected chi connectivity index (χ4v) is 1.86. The number of methoxy groups -OCH3 is 1. The van der Waals surface area contributed by atoms with Crippen LogP contribution in [0, 0.1) is 0 Å². The van der Waals surface area contributed by atoms with E-state index in [9.17, 15) is 18.0 Å². The summed E-state index contributed by atoms with van der Waals surface area (Å²) in [6, 6.07) is 6.76. The molecule has 1 amide bonds. The summed E-state index contributed by atoms with van der Waals surface area (Å²) < 4.78 is 43.8. The summed E-state index contributed by atoms with van der Waals surface area (Å²) in [5, 5.41) is 1.92. The predicted molar refractivity (Wildman–Crippen MR) is 73.3 cm³/mol. The number of para-hydroxylation sites is 2. The van der Waals surface area contributed by atoms with Gasteiger partial charge in [-0.1, -0.05) is 12.1 Å². The zero-order chi connectivity index (χ0) is 16.4. The maximum Gasteiger partial charge on any atom is 0.413 e. The molecule has 0 spiro atoms. The number of nitrogens with zero attached hydrogens (tertiary/aromatic N) is 2. The Morgan fingerprint density at radius 1 is 1.27 bits per heavy atom. The Hall–Kier alpha value is -2.22. The molecule has 1 heterocycles. The van der Waals surface area contributed by atoms with Crippen molar-refractivity contribution >= 4 is 16.9 Å². The number of amides is 1. The number of carbonyl (C=O) groups excluding carboxylic acids is 1. The number of benzene rings is 1. The zero-order valence-corrected chi connectivity index (χ0v) is 11.9. The van der Waals surface area contributed by atoms with E-state index in [2.05, 4.69) is 14.7 Å². The molecule has 0 aliphatic carbocycles. The quantitative estimate of drug-likeness (QED) is 0.941. The number of carbonyl (C=O) groups is 1. The van der Waals surface area contributed by atoms with Crippen LogP contribution in [0.4, 0.5) is 13.2 Å². The van der Waals surface area contributed by atoms with Crippen molar-refractivity contribution in [1.29, 1.82) is 0 Å². The van der Waals surface area contributed by atoms with Crippen LogP contribution >= 0.6 is 0 Å². The van der Waals surface area contributed by atoms with Gasteiger partial charge in [0.15, 0.2) is 5.54 Å². The van der Waals surface area contributed by atoms with Gasteiger partial charge in [-0.25, -0.2) is 4.98 Å². The second kappa shape index (κ2) is 5.88. The molecule has 22 heavy (non-hydrogen) atoms. The molecule has 0 radical (unpaired) electrons. The van der Waals surface area contributed by atoms with Gasteiger partial charge in [0.25, 0.3) is 5.91 Å². The Bertz CT molecular complexity index is 690. The van der Waals surface area contributed by atoms with Crippen molar-refractivity contribution in [2.45, 2.75) is 18.6 Å². The third-order valence-corrected chi connectivity index (χ3v) is 3.13. The van der Waals surface area contributed by atoms with Crippen LogP contribution in [0.2, 0.25) is 0 Å². The molecule has 1 atom stereocenters. The smallest absolute Gasteiger partial charge is 0.382 e. The van der Waals surface area contributed by atoms with Gasteiger partial charge in [-0.3, -0.25) is 9.78 Å². The van der Waals surface area contributed by atoms with Crippen molar-refractivity contribution in [3.63, 3.8) is 0 Å². The summed E-state index contributed by atoms with van der Waals surface area (Å²) in [6.07, 6.45) is -3.52. The van der Waals surface area contributed by atoms with E-state index < -0.39 is 24.2 Å². The SMILES string of the molecule is COCC(C)(NC(=O)c1cnc2ccccc2n1)C(F)(F)F. The fourth-order valence-electron chi connectivity index (χ4n) is 1.86. The lowest BCUT2D eigenvalue weighted by atomic mass is 10.0. The zero-order valence-electron chi connectivity index (χ0n) is 11.9. The summed E-state index contributed by atoms with van der Waals surface area (Å²) >= 11 is 0. The summed E-state index contributed by atoms with van der Waals surface area (Å²) in [4.78, 5) is 20.1. The van der Waals surface area contributed by atoms with E-state index in [-0.39, 0.29) is 5.69 Å². The number of aromatic nitrogens is 2. The number of halogens is 3. The molecule has 1 aromatic heterocycles. The largest absolute Gasteiger partial charge is 0.413 e. The van der Waals surface area contributed by atoms with E-state index in [0.717, 1.165) is 20.2 Å². The molecule has 1 N–H and O–H groups in total. The maximum atomic E-state index is 13.1. The third-order valence-electron chi connectivity index (χ3n) is 3.13. The van der Waals surface area contributed by atoms with E-state index in [4.69, 9.17) is 0 Å². The van der Waals surface area contributed by atoms with Crippen LogP contribution in [0.15, 0.2) is 30.5 Å². The van der Waals surface area contributed by atoms with Gasteiger partial charge in [0.2, 0.25) is 0 Å². The standard InChI is InChI=1S/C14H14F3N3O2/c1-13(8-22-2,14(15,16)17)20-12(21)11-7-18-9-5-3-4-6-10(9)19-11/h3-7H,8H2,1-2H3,(H,20,21). The molecule has 0 fully saturated rings. The Balaban J connectivity index is 2.29.